The molecule has 0 aliphatic heterocycles. The zero-order valence-corrected chi connectivity index (χ0v) is 17.6. The number of hydrogen-bond donors (Lipinski definition) is 1. The van der Waals surface area contributed by atoms with Gasteiger partial charge in [-0.1, -0.05) is 33.6 Å². The molecule has 1 amide bonds. The van der Waals surface area contributed by atoms with Crippen LogP contribution in [0, 0.1) is 5.92 Å². The summed E-state index contributed by atoms with van der Waals surface area (Å²) in [7, 11) is 0. The first-order valence-corrected chi connectivity index (χ1v) is 11.2. The van der Waals surface area contributed by atoms with Crippen LogP contribution in [0.4, 0.5) is 0 Å². The van der Waals surface area contributed by atoms with E-state index in [2.05, 4.69) is 30.3 Å². The van der Waals surface area contributed by atoms with E-state index >= 15 is 0 Å². The third-order valence-corrected chi connectivity index (χ3v) is 7.12. The van der Waals surface area contributed by atoms with Crippen LogP contribution in [0.15, 0.2) is 16.9 Å². The van der Waals surface area contributed by atoms with Crippen molar-refractivity contribution >= 4 is 33.0 Å². The maximum Gasteiger partial charge on any atom is 0.291 e. The number of hydrogen-bond acceptors (Lipinski definition) is 4. The fourth-order valence-electron chi connectivity index (χ4n) is 4.27. The highest BCUT2D eigenvalue weighted by molar-refractivity contribution is 7.19. The zero-order chi connectivity index (χ0) is 19.8. The average Bonchev–Trinajstić information content (AvgIpc) is 3.24. The van der Waals surface area contributed by atoms with Gasteiger partial charge in [0.2, 0.25) is 5.91 Å². The van der Waals surface area contributed by atoms with Crippen LogP contribution in [0.5, 0.6) is 0 Å². The van der Waals surface area contributed by atoms with E-state index in [1.807, 2.05) is 17.4 Å². The number of aryl methyl sites for hydroxylation is 2. The van der Waals surface area contributed by atoms with Gasteiger partial charge in [0.25, 0.3) is 5.56 Å². The molecule has 1 saturated carbocycles. The molecule has 1 aliphatic carbocycles. The van der Waals surface area contributed by atoms with Gasteiger partial charge in [0.15, 0.2) is 0 Å². The summed E-state index contributed by atoms with van der Waals surface area (Å²) in [5, 5.41) is 7.66. The van der Waals surface area contributed by atoms with Gasteiger partial charge in [-0.15, -0.1) is 11.3 Å². The second kappa shape index (κ2) is 7.70. The fraction of sp³-hybridized carbons (Fsp3) is 0.571. The van der Waals surface area contributed by atoms with Crippen LogP contribution < -0.4 is 10.9 Å². The molecule has 0 radical (unpaired) electrons. The van der Waals surface area contributed by atoms with Crippen molar-refractivity contribution in [2.24, 2.45) is 5.92 Å². The van der Waals surface area contributed by atoms with E-state index < -0.39 is 0 Å². The lowest BCUT2D eigenvalue weighted by Crippen LogP contribution is -2.44. The number of aromatic nitrogens is 3. The van der Waals surface area contributed by atoms with Gasteiger partial charge in [-0.05, 0) is 37.3 Å². The van der Waals surface area contributed by atoms with E-state index in [1.54, 1.807) is 11.3 Å². The smallest absolute Gasteiger partial charge is 0.291 e. The lowest BCUT2D eigenvalue weighted by atomic mass is 9.86. The summed E-state index contributed by atoms with van der Waals surface area (Å²) in [5.41, 5.74) is 1.45. The maximum atomic E-state index is 13.0. The first-order valence-electron chi connectivity index (χ1n) is 10.3. The second-order valence-corrected chi connectivity index (χ2v) is 9.02. The molecule has 28 heavy (non-hydrogen) atoms. The van der Waals surface area contributed by atoms with Crippen LogP contribution in [-0.2, 0) is 24.2 Å². The van der Waals surface area contributed by atoms with Gasteiger partial charge in [0.05, 0.1) is 10.2 Å². The van der Waals surface area contributed by atoms with Gasteiger partial charge in [0.1, 0.15) is 17.9 Å². The SMILES string of the molecule is CCc1cc2c(cc3c(=O)n(CC(=O)N[C@@H]4CCCC[C@H]4C)nc(CC)n32)s1. The van der Waals surface area contributed by atoms with Crippen molar-refractivity contribution in [1.82, 2.24) is 19.5 Å². The van der Waals surface area contributed by atoms with E-state index in [-0.39, 0.29) is 24.1 Å². The first-order chi connectivity index (χ1) is 13.5. The number of rotatable bonds is 5. The van der Waals surface area contributed by atoms with Crippen molar-refractivity contribution in [3.05, 3.63) is 33.2 Å². The molecule has 1 fully saturated rings. The van der Waals surface area contributed by atoms with Crippen LogP contribution in [0.2, 0.25) is 0 Å². The van der Waals surface area contributed by atoms with Gasteiger partial charge in [-0.3, -0.25) is 14.0 Å². The van der Waals surface area contributed by atoms with Crippen molar-refractivity contribution in [1.29, 1.82) is 0 Å². The quantitative estimate of drug-likeness (QED) is 0.712. The van der Waals surface area contributed by atoms with E-state index in [1.165, 1.54) is 16.0 Å². The Hall–Kier alpha value is -2.15. The summed E-state index contributed by atoms with van der Waals surface area (Å²) in [6, 6.07) is 4.30. The third-order valence-electron chi connectivity index (χ3n) is 5.90. The molecular formula is C21H28N4O2S. The minimum atomic E-state index is -0.203. The summed E-state index contributed by atoms with van der Waals surface area (Å²) < 4.78 is 4.40. The van der Waals surface area contributed by atoms with Gasteiger partial charge < -0.3 is 5.32 Å². The first kappa shape index (κ1) is 19.2. The maximum absolute atomic E-state index is 13.0. The molecule has 3 aromatic heterocycles. The van der Waals surface area contributed by atoms with Gasteiger partial charge >= 0.3 is 0 Å². The van der Waals surface area contributed by atoms with Crippen molar-refractivity contribution in [2.75, 3.05) is 0 Å². The van der Waals surface area contributed by atoms with E-state index in [9.17, 15) is 9.59 Å². The second-order valence-electron chi connectivity index (χ2n) is 7.85. The molecule has 6 nitrogen and oxygen atoms in total. The third kappa shape index (κ3) is 3.36. The molecule has 0 bridgehead atoms. The van der Waals surface area contributed by atoms with Crippen LogP contribution in [0.1, 0.15) is 57.2 Å². The highest BCUT2D eigenvalue weighted by atomic mass is 32.1. The zero-order valence-electron chi connectivity index (χ0n) is 16.8. The monoisotopic (exact) mass is 400 g/mol. The minimum absolute atomic E-state index is 0.0232. The Balaban J connectivity index is 1.66. The number of fused-ring (bicyclic) bond motifs is 3. The topological polar surface area (TPSA) is 68.4 Å². The number of nitrogens with zero attached hydrogens (tertiary/aromatic N) is 3. The predicted molar refractivity (Wildman–Crippen MR) is 113 cm³/mol. The van der Waals surface area contributed by atoms with Crippen LogP contribution in [0.25, 0.3) is 15.7 Å². The lowest BCUT2D eigenvalue weighted by molar-refractivity contribution is -0.123. The Labute approximate surface area is 168 Å². The molecule has 3 aromatic rings. The van der Waals surface area contributed by atoms with Crippen molar-refractivity contribution in [2.45, 2.75) is 71.9 Å². The Morgan fingerprint density at radius 2 is 2.00 bits per heavy atom. The van der Waals surface area contributed by atoms with E-state index in [0.29, 0.717) is 17.9 Å². The van der Waals surface area contributed by atoms with Crippen molar-refractivity contribution in [3.8, 4) is 0 Å². The predicted octanol–water partition coefficient (Wildman–Crippen LogP) is 3.53. The molecule has 3 heterocycles. The number of carbonyl (C=O) groups is 1. The number of carbonyl (C=O) groups excluding carboxylic acids is 1. The summed E-state index contributed by atoms with van der Waals surface area (Å²) in [6.07, 6.45) is 6.22. The van der Waals surface area contributed by atoms with E-state index in [4.69, 9.17) is 0 Å². The lowest BCUT2D eigenvalue weighted by Gasteiger charge is -2.29. The van der Waals surface area contributed by atoms with Crippen molar-refractivity contribution in [3.63, 3.8) is 0 Å². The number of amides is 1. The molecule has 0 aromatic carbocycles. The summed E-state index contributed by atoms with van der Waals surface area (Å²) in [6.45, 7) is 6.33. The molecule has 0 spiro atoms. The Morgan fingerprint density at radius 3 is 2.71 bits per heavy atom. The molecule has 0 unspecified atom stereocenters. The number of nitrogens with one attached hydrogen (secondary N) is 1. The minimum Gasteiger partial charge on any atom is -0.351 e. The average molecular weight is 401 g/mol. The molecule has 4 rings (SSSR count). The standard InChI is InChI=1S/C21H28N4O2S/c1-4-14-10-16-18(28-14)11-17-21(27)24(23-19(5-2)25(16)17)12-20(26)22-15-9-7-6-8-13(15)3/h10-11,13,15H,4-9,12H2,1-3H3,(H,22,26)/t13-,15-/m1/s1. The molecule has 2 atom stereocenters. The normalized spacial score (nSPS) is 20.1. The number of thiophene rings is 1. The molecule has 7 heteroatoms. The summed E-state index contributed by atoms with van der Waals surface area (Å²) in [4.78, 5) is 26.9. The van der Waals surface area contributed by atoms with Crippen LogP contribution in [0.3, 0.4) is 0 Å². The highest BCUT2D eigenvalue weighted by Crippen LogP contribution is 2.29. The van der Waals surface area contributed by atoms with Crippen LogP contribution in [-0.4, -0.2) is 26.1 Å². The van der Waals surface area contributed by atoms with Crippen LogP contribution >= 0.6 is 11.3 Å². The molecule has 0 saturated heterocycles. The summed E-state index contributed by atoms with van der Waals surface area (Å²) in [5.74, 6) is 1.17. The molecule has 1 N–H and O–H groups in total. The molecule has 1 aliphatic rings. The molecule has 150 valence electrons. The largest absolute Gasteiger partial charge is 0.351 e. The van der Waals surface area contributed by atoms with E-state index in [0.717, 1.165) is 41.7 Å². The van der Waals surface area contributed by atoms with Gasteiger partial charge in [-0.2, -0.15) is 5.10 Å². The Kier molecular flexibility index (Phi) is 5.27. The fourth-order valence-corrected chi connectivity index (χ4v) is 5.29. The molecular weight excluding hydrogens is 372 g/mol. The van der Waals surface area contributed by atoms with Gasteiger partial charge in [-0.25, -0.2) is 4.68 Å². The Bertz CT molecular complexity index is 1080. The Morgan fingerprint density at radius 1 is 1.21 bits per heavy atom. The van der Waals surface area contributed by atoms with Crippen molar-refractivity contribution < 1.29 is 4.79 Å². The highest BCUT2D eigenvalue weighted by Gasteiger charge is 2.23. The van der Waals surface area contributed by atoms with Gasteiger partial charge in [0, 0.05) is 17.3 Å². The summed E-state index contributed by atoms with van der Waals surface area (Å²) >= 11 is 1.72.